The highest BCUT2D eigenvalue weighted by molar-refractivity contribution is 6.74. The summed E-state index contributed by atoms with van der Waals surface area (Å²) in [5, 5.41) is 12.7. The van der Waals surface area contributed by atoms with E-state index in [9.17, 15) is 5.11 Å². The van der Waals surface area contributed by atoms with E-state index in [1.165, 1.54) is 0 Å². The first-order valence-electron chi connectivity index (χ1n) is 9.14. The van der Waals surface area contributed by atoms with E-state index in [4.69, 9.17) is 13.9 Å². The molecule has 0 fully saturated rings. The third-order valence-corrected chi connectivity index (χ3v) is 9.84. The van der Waals surface area contributed by atoms with Gasteiger partial charge in [0.05, 0.1) is 6.61 Å². The summed E-state index contributed by atoms with van der Waals surface area (Å²) in [5.41, 5.74) is 2.13. The van der Waals surface area contributed by atoms with Crippen LogP contribution in [0, 0.1) is 0 Å². The largest absolute Gasteiger partial charge is 0.504 e. The molecule has 2 aromatic rings. The van der Waals surface area contributed by atoms with Gasteiger partial charge in [-0.3, -0.25) is 0 Å². The number of phenols is 1. The standard InChI is InChI=1S/C21H32O4Si/c1-8-15-10-9-11-17-16(13-25-26(6,7)21(2,3)4)12-18(22)20(19(15)17)24-14-23-5/h9-12,22H,8,13-14H2,1-7H3. The molecule has 0 aliphatic heterocycles. The summed E-state index contributed by atoms with van der Waals surface area (Å²) in [6.07, 6.45) is 0.854. The van der Waals surface area contributed by atoms with Crippen LogP contribution < -0.4 is 4.74 Å². The zero-order chi connectivity index (χ0) is 19.5. The van der Waals surface area contributed by atoms with Gasteiger partial charge >= 0.3 is 0 Å². The molecule has 0 radical (unpaired) electrons. The lowest BCUT2D eigenvalue weighted by Gasteiger charge is -2.36. The van der Waals surface area contributed by atoms with Crippen molar-refractivity contribution in [2.24, 2.45) is 0 Å². The molecule has 4 nitrogen and oxygen atoms in total. The summed E-state index contributed by atoms with van der Waals surface area (Å²) in [4.78, 5) is 0. The Morgan fingerprint density at radius 1 is 1.12 bits per heavy atom. The van der Waals surface area contributed by atoms with Gasteiger partial charge in [-0.2, -0.15) is 0 Å². The van der Waals surface area contributed by atoms with Crippen LogP contribution in [-0.4, -0.2) is 27.3 Å². The minimum atomic E-state index is -1.88. The van der Waals surface area contributed by atoms with E-state index in [1.54, 1.807) is 13.2 Å². The smallest absolute Gasteiger partial charge is 0.192 e. The zero-order valence-corrected chi connectivity index (χ0v) is 18.1. The van der Waals surface area contributed by atoms with Gasteiger partial charge < -0.3 is 19.0 Å². The lowest BCUT2D eigenvalue weighted by molar-refractivity contribution is 0.0503. The molecule has 0 aliphatic rings. The Balaban J connectivity index is 2.52. The molecule has 0 bridgehead atoms. The van der Waals surface area contributed by atoms with E-state index >= 15 is 0 Å². The lowest BCUT2D eigenvalue weighted by atomic mass is 9.97. The Kier molecular flexibility index (Phi) is 6.37. The van der Waals surface area contributed by atoms with Gasteiger partial charge in [0.1, 0.15) is 0 Å². The number of benzene rings is 2. The number of phenolic OH excluding ortho intramolecular Hbond substituents is 1. The van der Waals surface area contributed by atoms with E-state index < -0.39 is 8.32 Å². The molecule has 0 aromatic heterocycles. The molecule has 0 saturated heterocycles. The number of hydrogen-bond donors (Lipinski definition) is 1. The number of methoxy groups -OCH3 is 1. The Morgan fingerprint density at radius 3 is 2.38 bits per heavy atom. The van der Waals surface area contributed by atoms with Crippen LogP contribution in [0.15, 0.2) is 24.3 Å². The summed E-state index contributed by atoms with van der Waals surface area (Å²) in [6.45, 7) is 13.8. The minimum absolute atomic E-state index is 0.0977. The molecule has 26 heavy (non-hydrogen) atoms. The average Bonchev–Trinajstić information content (AvgIpc) is 2.57. The van der Waals surface area contributed by atoms with Gasteiger partial charge in [-0.05, 0) is 47.1 Å². The molecule has 0 spiro atoms. The second-order valence-electron chi connectivity index (χ2n) is 8.18. The van der Waals surface area contributed by atoms with Crippen molar-refractivity contribution >= 4 is 19.1 Å². The van der Waals surface area contributed by atoms with E-state index in [-0.39, 0.29) is 17.6 Å². The maximum Gasteiger partial charge on any atom is 0.192 e. The molecule has 0 saturated carbocycles. The highest BCUT2D eigenvalue weighted by Crippen LogP contribution is 2.41. The van der Waals surface area contributed by atoms with Crippen LogP contribution in [-0.2, 0) is 22.2 Å². The fourth-order valence-electron chi connectivity index (χ4n) is 2.72. The van der Waals surface area contributed by atoms with Crippen molar-refractivity contribution in [3.8, 4) is 11.5 Å². The monoisotopic (exact) mass is 376 g/mol. The van der Waals surface area contributed by atoms with E-state index in [2.05, 4.69) is 52.9 Å². The normalized spacial score (nSPS) is 12.6. The summed E-state index contributed by atoms with van der Waals surface area (Å²) < 4.78 is 17.1. The molecule has 0 unspecified atom stereocenters. The third kappa shape index (κ3) is 4.22. The predicted octanol–water partition coefficient (Wildman–Crippen LogP) is 5.61. The molecule has 0 atom stereocenters. The molecule has 2 rings (SSSR count). The van der Waals surface area contributed by atoms with Gasteiger partial charge in [0.2, 0.25) is 0 Å². The van der Waals surface area contributed by atoms with Crippen molar-refractivity contribution in [1.82, 2.24) is 0 Å². The first-order chi connectivity index (χ1) is 12.1. The Labute approximate surface area is 158 Å². The van der Waals surface area contributed by atoms with E-state index in [1.807, 2.05) is 6.07 Å². The fourth-order valence-corrected chi connectivity index (χ4v) is 3.67. The Bertz CT molecular complexity index is 763. The summed E-state index contributed by atoms with van der Waals surface area (Å²) in [6, 6.07) is 7.95. The molecule has 0 aliphatic carbocycles. The van der Waals surface area contributed by atoms with Crippen molar-refractivity contribution in [3.63, 3.8) is 0 Å². The SMILES string of the molecule is CCc1cccc2c(CO[Si](C)(C)C(C)(C)C)cc(O)c(OCOC)c12. The summed E-state index contributed by atoms with van der Waals surface area (Å²) in [5.74, 6) is 0.611. The Morgan fingerprint density at radius 2 is 1.81 bits per heavy atom. The number of fused-ring (bicyclic) bond motifs is 1. The summed E-state index contributed by atoms with van der Waals surface area (Å²) in [7, 11) is -0.311. The van der Waals surface area contributed by atoms with Gasteiger partial charge in [0.25, 0.3) is 0 Å². The third-order valence-electron chi connectivity index (χ3n) is 5.36. The highest BCUT2D eigenvalue weighted by atomic mass is 28.4. The van der Waals surface area contributed by atoms with Crippen LogP contribution in [0.3, 0.4) is 0 Å². The van der Waals surface area contributed by atoms with Crippen LogP contribution in [0.1, 0.15) is 38.8 Å². The zero-order valence-electron chi connectivity index (χ0n) is 17.1. The number of ether oxygens (including phenoxy) is 2. The van der Waals surface area contributed by atoms with Gasteiger partial charge in [-0.25, -0.2) is 0 Å². The van der Waals surface area contributed by atoms with E-state index in [0.717, 1.165) is 28.3 Å². The molecule has 0 heterocycles. The molecule has 2 aromatic carbocycles. The first-order valence-corrected chi connectivity index (χ1v) is 12.0. The fraction of sp³-hybridized carbons (Fsp3) is 0.524. The molecule has 144 valence electrons. The molecule has 1 N–H and O–H groups in total. The maximum atomic E-state index is 10.6. The number of hydrogen-bond acceptors (Lipinski definition) is 4. The second kappa shape index (κ2) is 7.99. The van der Waals surface area contributed by atoms with E-state index in [0.29, 0.717) is 12.4 Å². The average molecular weight is 377 g/mol. The second-order valence-corrected chi connectivity index (χ2v) is 13.0. The van der Waals surface area contributed by atoms with Gasteiger partial charge in [0.15, 0.2) is 26.6 Å². The number of aromatic hydroxyl groups is 1. The van der Waals surface area contributed by atoms with Gasteiger partial charge in [-0.1, -0.05) is 45.9 Å². The van der Waals surface area contributed by atoms with Crippen molar-refractivity contribution in [3.05, 3.63) is 35.4 Å². The minimum Gasteiger partial charge on any atom is -0.504 e. The maximum absolute atomic E-state index is 10.6. The molecule has 0 amide bonds. The van der Waals surface area contributed by atoms with Crippen LogP contribution in [0.4, 0.5) is 0 Å². The lowest BCUT2D eigenvalue weighted by Crippen LogP contribution is -2.40. The molecular weight excluding hydrogens is 344 g/mol. The quantitative estimate of drug-likeness (QED) is 0.504. The van der Waals surface area contributed by atoms with Crippen molar-refractivity contribution in [2.75, 3.05) is 13.9 Å². The summed E-state index contributed by atoms with van der Waals surface area (Å²) >= 11 is 0. The van der Waals surface area contributed by atoms with Gasteiger partial charge in [0, 0.05) is 12.5 Å². The Hall–Kier alpha value is -1.56. The molecular formula is C21H32O4Si. The van der Waals surface area contributed by atoms with Crippen LogP contribution in [0.25, 0.3) is 10.8 Å². The van der Waals surface area contributed by atoms with Crippen molar-refractivity contribution in [1.29, 1.82) is 0 Å². The van der Waals surface area contributed by atoms with Crippen LogP contribution >= 0.6 is 0 Å². The topological polar surface area (TPSA) is 47.9 Å². The molecule has 5 heteroatoms. The van der Waals surface area contributed by atoms with Crippen molar-refractivity contribution < 1.29 is 19.0 Å². The van der Waals surface area contributed by atoms with Crippen molar-refractivity contribution in [2.45, 2.75) is 58.9 Å². The van der Waals surface area contributed by atoms with Crippen LogP contribution in [0.2, 0.25) is 18.1 Å². The predicted molar refractivity (Wildman–Crippen MR) is 109 cm³/mol. The van der Waals surface area contributed by atoms with Gasteiger partial charge in [-0.15, -0.1) is 0 Å². The number of rotatable bonds is 7. The highest BCUT2D eigenvalue weighted by Gasteiger charge is 2.37. The van der Waals surface area contributed by atoms with Crippen LogP contribution in [0.5, 0.6) is 11.5 Å². The number of aryl methyl sites for hydroxylation is 1. The first kappa shape index (κ1) is 20.7.